The first-order valence-electron chi connectivity index (χ1n) is 14.2. The second-order valence-electron chi connectivity index (χ2n) is 10.5. The van der Waals surface area contributed by atoms with Crippen molar-refractivity contribution in [3.05, 3.63) is 125 Å². The number of carbonyl (C=O) groups is 2. The van der Waals surface area contributed by atoms with Crippen LogP contribution in [-0.2, 0) is 32.6 Å². The van der Waals surface area contributed by atoms with Gasteiger partial charge >= 0.3 is 0 Å². The summed E-state index contributed by atoms with van der Waals surface area (Å²) in [5.74, 6) is -0.392. The lowest BCUT2D eigenvalue weighted by Crippen LogP contribution is -2.54. The first-order chi connectivity index (χ1) is 21.1. The SMILES string of the molecule is COc1ccc(N(CC(=O)N(Cc2ccccc2Cl)[C@@H](Cc2ccccc2)C(=O)NC(C)C)S(=O)(=O)c2ccccc2)cc1. The molecule has 1 N–H and O–H groups in total. The Morgan fingerprint density at radius 1 is 0.841 bits per heavy atom. The predicted molar refractivity (Wildman–Crippen MR) is 173 cm³/mol. The number of hydrogen-bond donors (Lipinski definition) is 1. The summed E-state index contributed by atoms with van der Waals surface area (Å²) in [5, 5.41) is 3.37. The molecule has 0 saturated carbocycles. The lowest BCUT2D eigenvalue weighted by molar-refractivity contribution is -0.140. The summed E-state index contributed by atoms with van der Waals surface area (Å²) < 4.78 is 34.4. The summed E-state index contributed by atoms with van der Waals surface area (Å²) in [7, 11) is -2.68. The van der Waals surface area contributed by atoms with Crippen LogP contribution in [-0.4, -0.2) is 50.9 Å². The molecule has 0 spiro atoms. The predicted octanol–water partition coefficient (Wildman–Crippen LogP) is 5.71. The summed E-state index contributed by atoms with van der Waals surface area (Å²) in [6.07, 6.45) is 0.212. The highest BCUT2D eigenvalue weighted by Gasteiger charge is 2.35. The highest BCUT2D eigenvalue weighted by atomic mass is 35.5. The van der Waals surface area contributed by atoms with Crippen molar-refractivity contribution in [3.63, 3.8) is 0 Å². The summed E-state index contributed by atoms with van der Waals surface area (Å²) in [4.78, 5) is 29.6. The fourth-order valence-corrected chi connectivity index (χ4v) is 6.37. The Balaban J connectivity index is 1.81. The number of anilines is 1. The number of carbonyl (C=O) groups excluding carboxylic acids is 2. The summed E-state index contributed by atoms with van der Waals surface area (Å²) in [6.45, 7) is 3.11. The van der Waals surface area contributed by atoms with Gasteiger partial charge in [0.1, 0.15) is 18.3 Å². The molecule has 0 unspecified atom stereocenters. The molecular formula is C34H36ClN3O5S. The van der Waals surface area contributed by atoms with Crippen LogP contribution >= 0.6 is 11.6 Å². The van der Waals surface area contributed by atoms with E-state index in [2.05, 4.69) is 5.32 Å². The molecule has 2 amide bonds. The average molecular weight is 634 g/mol. The molecule has 0 aliphatic rings. The number of methoxy groups -OCH3 is 1. The number of sulfonamides is 1. The highest BCUT2D eigenvalue weighted by molar-refractivity contribution is 7.92. The van der Waals surface area contributed by atoms with Gasteiger partial charge in [-0.1, -0.05) is 78.3 Å². The van der Waals surface area contributed by atoms with E-state index in [1.54, 1.807) is 66.7 Å². The Labute approximate surface area is 264 Å². The molecule has 0 bridgehead atoms. The Hall–Kier alpha value is -4.34. The van der Waals surface area contributed by atoms with Crippen molar-refractivity contribution in [1.82, 2.24) is 10.2 Å². The second kappa shape index (κ2) is 14.9. The number of hydrogen-bond acceptors (Lipinski definition) is 5. The lowest BCUT2D eigenvalue weighted by atomic mass is 10.0. The quantitative estimate of drug-likeness (QED) is 0.204. The second-order valence-corrected chi connectivity index (χ2v) is 12.8. The number of nitrogens with zero attached hydrogens (tertiary/aromatic N) is 2. The summed E-state index contributed by atoms with van der Waals surface area (Å²) >= 11 is 6.53. The third-order valence-corrected chi connectivity index (χ3v) is 9.13. The van der Waals surface area contributed by atoms with Crippen molar-refractivity contribution < 1.29 is 22.7 Å². The maximum Gasteiger partial charge on any atom is 0.264 e. The topological polar surface area (TPSA) is 96.0 Å². The van der Waals surface area contributed by atoms with E-state index in [1.165, 1.54) is 24.1 Å². The van der Waals surface area contributed by atoms with Crippen LogP contribution in [0.15, 0.2) is 114 Å². The fourth-order valence-electron chi connectivity index (χ4n) is 4.74. The van der Waals surface area contributed by atoms with Crippen molar-refractivity contribution in [1.29, 1.82) is 0 Å². The van der Waals surface area contributed by atoms with Crippen LogP contribution in [0.1, 0.15) is 25.0 Å². The highest BCUT2D eigenvalue weighted by Crippen LogP contribution is 2.27. The molecule has 4 aromatic rings. The van der Waals surface area contributed by atoms with Gasteiger partial charge in [-0.05, 0) is 67.4 Å². The zero-order valence-electron chi connectivity index (χ0n) is 24.9. The number of benzene rings is 4. The molecule has 0 heterocycles. The normalized spacial score (nSPS) is 11.9. The van der Waals surface area contributed by atoms with Gasteiger partial charge in [-0.3, -0.25) is 13.9 Å². The van der Waals surface area contributed by atoms with Crippen LogP contribution in [0.4, 0.5) is 5.69 Å². The molecule has 0 aromatic heterocycles. The molecule has 8 nitrogen and oxygen atoms in total. The fraction of sp³-hybridized carbons (Fsp3) is 0.235. The van der Waals surface area contributed by atoms with Gasteiger partial charge in [-0.25, -0.2) is 8.42 Å². The zero-order valence-corrected chi connectivity index (χ0v) is 26.5. The van der Waals surface area contributed by atoms with Gasteiger partial charge in [0.2, 0.25) is 11.8 Å². The Bertz CT molecular complexity index is 1650. The molecule has 4 rings (SSSR count). The zero-order chi connectivity index (χ0) is 31.7. The minimum Gasteiger partial charge on any atom is -0.497 e. The molecule has 0 aliphatic heterocycles. The number of amides is 2. The van der Waals surface area contributed by atoms with E-state index in [-0.39, 0.29) is 35.5 Å². The van der Waals surface area contributed by atoms with E-state index >= 15 is 0 Å². The minimum absolute atomic E-state index is 0.0106. The number of rotatable bonds is 13. The molecule has 0 aliphatic carbocycles. The van der Waals surface area contributed by atoms with Gasteiger partial charge in [-0.15, -0.1) is 0 Å². The lowest BCUT2D eigenvalue weighted by Gasteiger charge is -2.34. The molecule has 44 heavy (non-hydrogen) atoms. The molecule has 0 radical (unpaired) electrons. The van der Waals surface area contributed by atoms with Gasteiger partial charge in [-0.2, -0.15) is 0 Å². The van der Waals surface area contributed by atoms with Crippen molar-refractivity contribution in [2.75, 3.05) is 18.0 Å². The van der Waals surface area contributed by atoms with Crippen molar-refractivity contribution >= 4 is 39.1 Å². The molecule has 230 valence electrons. The van der Waals surface area contributed by atoms with E-state index in [0.29, 0.717) is 16.3 Å². The van der Waals surface area contributed by atoms with E-state index in [1.807, 2.05) is 44.2 Å². The monoisotopic (exact) mass is 633 g/mol. The first-order valence-corrected chi connectivity index (χ1v) is 16.0. The molecule has 0 fully saturated rings. The van der Waals surface area contributed by atoms with Crippen molar-refractivity contribution in [2.24, 2.45) is 0 Å². The molecule has 4 aromatic carbocycles. The average Bonchev–Trinajstić information content (AvgIpc) is 3.03. The van der Waals surface area contributed by atoms with E-state index in [4.69, 9.17) is 16.3 Å². The van der Waals surface area contributed by atoms with Crippen LogP contribution in [0, 0.1) is 0 Å². The molecular weight excluding hydrogens is 598 g/mol. The van der Waals surface area contributed by atoms with Gasteiger partial charge in [0.15, 0.2) is 0 Å². The number of ether oxygens (including phenoxy) is 1. The van der Waals surface area contributed by atoms with Gasteiger partial charge < -0.3 is 15.0 Å². The maximum absolute atomic E-state index is 14.4. The molecule has 0 saturated heterocycles. The van der Waals surface area contributed by atoms with Gasteiger partial charge in [0.05, 0.1) is 17.7 Å². The summed E-state index contributed by atoms with van der Waals surface area (Å²) in [5.41, 5.74) is 1.74. The maximum atomic E-state index is 14.4. The van der Waals surface area contributed by atoms with Crippen LogP contribution in [0.3, 0.4) is 0 Å². The minimum atomic E-state index is -4.19. The van der Waals surface area contributed by atoms with Gasteiger partial charge in [0.25, 0.3) is 10.0 Å². The van der Waals surface area contributed by atoms with E-state index in [9.17, 15) is 18.0 Å². The van der Waals surface area contributed by atoms with Crippen LogP contribution in [0.2, 0.25) is 5.02 Å². The Kier molecular flexibility index (Phi) is 11.0. The van der Waals surface area contributed by atoms with Gasteiger partial charge in [0, 0.05) is 24.0 Å². The smallest absolute Gasteiger partial charge is 0.264 e. The van der Waals surface area contributed by atoms with E-state index in [0.717, 1.165) is 9.87 Å². The Morgan fingerprint density at radius 3 is 2.02 bits per heavy atom. The van der Waals surface area contributed by atoms with Crippen LogP contribution in [0.25, 0.3) is 0 Å². The van der Waals surface area contributed by atoms with Crippen LogP contribution in [0.5, 0.6) is 5.75 Å². The molecule has 10 heteroatoms. The summed E-state index contributed by atoms with van der Waals surface area (Å²) in [6, 6.07) is 29.6. The third kappa shape index (κ3) is 8.18. The Morgan fingerprint density at radius 2 is 1.43 bits per heavy atom. The largest absolute Gasteiger partial charge is 0.497 e. The number of nitrogens with one attached hydrogen (secondary N) is 1. The van der Waals surface area contributed by atoms with Crippen molar-refractivity contribution in [2.45, 2.75) is 43.8 Å². The first kappa shape index (κ1) is 32.6. The van der Waals surface area contributed by atoms with Crippen molar-refractivity contribution in [3.8, 4) is 5.75 Å². The number of halogens is 1. The molecule has 1 atom stereocenters. The third-order valence-electron chi connectivity index (χ3n) is 6.97. The standard InChI is InChI=1S/C34H36ClN3O5S/c1-25(2)36-34(40)32(22-26-12-6-4-7-13-26)37(23-27-14-10-11-17-31(27)35)33(39)24-38(28-18-20-29(43-3)21-19-28)44(41,42)30-15-8-5-9-16-30/h4-21,25,32H,22-24H2,1-3H3,(H,36,40)/t32-/m0/s1. The van der Waals surface area contributed by atoms with Crippen LogP contribution < -0.4 is 14.4 Å². The van der Waals surface area contributed by atoms with E-state index < -0.39 is 28.5 Å².